The van der Waals surface area contributed by atoms with Crippen molar-refractivity contribution in [2.75, 3.05) is 0 Å². The van der Waals surface area contributed by atoms with E-state index < -0.39 is 16.4 Å². The van der Waals surface area contributed by atoms with Crippen LogP contribution in [0.5, 0.6) is 5.75 Å². The summed E-state index contributed by atoms with van der Waals surface area (Å²) in [7, 11) is 1.56. The summed E-state index contributed by atoms with van der Waals surface area (Å²) in [6.07, 6.45) is 2.89. The number of hydrogen-bond acceptors (Lipinski definition) is 7. The molecule has 0 aliphatic rings. The fraction of sp³-hybridized carbons (Fsp3) is 0.0588. The number of Topliss-reactive ketones (excluding diaryl/α,β-unsaturated/α-hetero) is 1. The number of carbonyl (C=O) groups excluding carboxylic acids is 1. The van der Waals surface area contributed by atoms with Crippen LogP contribution in [0.3, 0.4) is 0 Å². The highest BCUT2D eigenvalue weighted by molar-refractivity contribution is 7.12. The molecule has 26 heavy (non-hydrogen) atoms. The number of hydrogen-bond donors (Lipinski definition) is 1. The first-order chi connectivity index (χ1) is 12.4. The molecular formula is C17H12N2O5S2. The molecule has 2 heterocycles. The fourth-order valence-electron chi connectivity index (χ4n) is 2.24. The maximum absolute atomic E-state index is 12.4. The van der Waals surface area contributed by atoms with E-state index in [1.807, 2.05) is 0 Å². The number of phenols is 1. The number of rotatable bonds is 4. The lowest BCUT2D eigenvalue weighted by atomic mass is 10.2. The molecule has 9 heteroatoms. The number of thiophene rings is 1. The molecule has 0 bridgehead atoms. The van der Waals surface area contributed by atoms with Crippen molar-refractivity contribution in [2.45, 2.75) is 0 Å². The van der Waals surface area contributed by atoms with E-state index in [0.717, 1.165) is 11.3 Å². The molecule has 7 nitrogen and oxygen atoms in total. The largest absolute Gasteiger partial charge is 0.502 e. The molecular weight excluding hydrogens is 376 g/mol. The lowest BCUT2D eigenvalue weighted by Crippen LogP contribution is -2.29. The lowest BCUT2D eigenvalue weighted by molar-refractivity contribution is -0.385. The van der Waals surface area contributed by atoms with Crippen LogP contribution in [0.1, 0.15) is 15.2 Å². The quantitative estimate of drug-likeness (QED) is 0.416. The van der Waals surface area contributed by atoms with E-state index in [0.29, 0.717) is 19.6 Å². The Bertz CT molecular complexity index is 1170. The number of thiazole rings is 1. The van der Waals surface area contributed by atoms with Gasteiger partial charge in [-0.2, -0.15) is 0 Å². The third-order valence-electron chi connectivity index (χ3n) is 3.57. The third kappa shape index (κ3) is 3.48. The van der Waals surface area contributed by atoms with E-state index in [1.165, 1.54) is 46.3 Å². The molecule has 1 N–H and O–H groups in total. The minimum atomic E-state index is -0.696. The van der Waals surface area contributed by atoms with Crippen LogP contribution < -0.4 is 14.8 Å². The van der Waals surface area contributed by atoms with Gasteiger partial charge in [0.2, 0.25) is 0 Å². The van der Waals surface area contributed by atoms with Gasteiger partial charge in [0.15, 0.2) is 11.5 Å². The van der Waals surface area contributed by atoms with Crippen LogP contribution >= 0.6 is 22.7 Å². The van der Waals surface area contributed by atoms with Crippen LogP contribution in [0.2, 0.25) is 0 Å². The Morgan fingerprint density at radius 3 is 2.77 bits per heavy atom. The van der Waals surface area contributed by atoms with E-state index in [-0.39, 0.29) is 11.3 Å². The van der Waals surface area contributed by atoms with Crippen LogP contribution in [-0.4, -0.2) is 20.4 Å². The van der Waals surface area contributed by atoms with E-state index >= 15 is 0 Å². The van der Waals surface area contributed by atoms with Gasteiger partial charge in [-0.1, -0.05) is 12.1 Å². The van der Waals surface area contributed by atoms with Crippen molar-refractivity contribution in [1.29, 1.82) is 0 Å². The van der Waals surface area contributed by atoms with E-state index in [4.69, 9.17) is 0 Å². The molecule has 0 saturated heterocycles. The first kappa shape index (κ1) is 17.8. The van der Waals surface area contributed by atoms with Gasteiger partial charge >= 0.3 is 5.69 Å². The molecule has 0 spiro atoms. The van der Waals surface area contributed by atoms with E-state index in [2.05, 4.69) is 0 Å². The molecule has 132 valence electrons. The summed E-state index contributed by atoms with van der Waals surface area (Å²) in [5.74, 6) is -0.634. The SMILES string of the molecule is Cn1c(=O)/c(=C\c2ccc(O)c([N+](=O)[O-])c2)s/c1=C\C(=O)c1cccs1. The molecule has 0 saturated carbocycles. The number of carbonyl (C=O) groups is 1. The monoisotopic (exact) mass is 388 g/mol. The highest BCUT2D eigenvalue weighted by Gasteiger charge is 2.13. The number of nitro benzene ring substituents is 1. The van der Waals surface area contributed by atoms with Crippen molar-refractivity contribution in [2.24, 2.45) is 7.05 Å². The van der Waals surface area contributed by atoms with Gasteiger partial charge in [-0.15, -0.1) is 22.7 Å². The smallest absolute Gasteiger partial charge is 0.311 e. The summed E-state index contributed by atoms with van der Waals surface area (Å²) in [4.78, 5) is 35.4. The number of phenolic OH excluding ortho intramolecular Hbond substituents is 1. The van der Waals surface area contributed by atoms with Gasteiger partial charge in [-0.05, 0) is 29.2 Å². The van der Waals surface area contributed by atoms with Gasteiger partial charge in [-0.3, -0.25) is 19.7 Å². The molecule has 0 amide bonds. The molecule has 0 unspecified atom stereocenters. The molecule has 1 aromatic carbocycles. The molecule has 0 atom stereocenters. The Kier molecular flexibility index (Phi) is 4.83. The molecule has 3 rings (SSSR count). The number of aromatic nitrogens is 1. The number of ketones is 1. The zero-order chi connectivity index (χ0) is 18.8. The first-order valence-electron chi connectivity index (χ1n) is 7.31. The second-order valence-corrected chi connectivity index (χ2v) is 7.31. The Morgan fingerprint density at radius 2 is 2.12 bits per heavy atom. The average molecular weight is 388 g/mol. The zero-order valence-corrected chi connectivity index (χ0v) is 15.0. The normalized spacial score (nSPS) is 12.5. The Hall–Kier alpha value is -3.04. The molecule has 0 fully saturated rings. The number of benzene rings is 1. The fourth-order valence-corrected chi connectivity index (χ4v) is 3.90. The van der Waals surface area contributed by atoms with Crippen LogP contribution in [0.15, 0.2) is 40.5 Å². The summed E-state index contributed by atoms with van der Waals surface area (Å²) in [5.41, 5.74) is -0.340. The second kappa shape index (κ2) is 7.06. The highest BCUT2D eigenvalue weighted by Crippen LogP contribution is 2.26. The minimum Gasteiger partial charge on any atom is -0.502 e. The Morgan fingerprint density at radius 1 is 1.35 bits per heavy atom. The van der Waals surface area contributed by atoms with Crippen molar-refractivity contribution >= 4 is 46.3 Å². The highest BCUT2D eigenvalue weighted by atomic mass is 32.1. The van der Waals surface area contributed by atoms with Gasteiger partial charge in [0, 0.05) is 19.2 Å². The summed E-state index contributed by atoms with van der Waals surface area (Å²) in [6, 6.07) is 7.35. The predicted octanol–water partition coefficient (Wildman–Crippen LogP) is 1.61. The molecule has 0 aliphatic carbocycles. The Balaban J connectivity index is 2.09. The average Bonchev–Trinajstić information content (AvgIpc) is 3.22. The summed E-state index contributed by atoms with van der Waals surface area (Å²) in [5, 5.41) is 22.2. The zero-order valence-electron chi connectivity index (χ0n) is 13.4. The van der Waals surface area contributed by atoms with Crippen molar-refractivity contribution in [3.63, 3.8) is 0 Å². The third-order valence-corrected chi connectivity index (χ3v) is 5.57. The van der Waals surface area contributed by atoms with Gasteiger partial charge in [-0.25, -0.2) is 0 Å². The summed E-state index contributed by atoms with van der Waals surface area (Å²) >= 11 is 2.43. The number of nitrogens with zero attached hydrogens (tertiary/aromatic N) is 2. The van der Waals surface area contributed by atoms with E-state index in [1.54, 1.807) is 24.6 Å². The maximum atomic E-state index is 12.4. The first-order valence-corrected chi connectivity index (χ1v) is 9.01. The lowest BCUT2D eigenvalue weighted by Gasteiger charge is -1.96. The molecule has 2 aromatic heterocycles. The van der Waals surface area contributed by atoms with Crippen LogP contribution in [0.4, 0.5) is 5.69 Å². The van der Waals surface area contributed by atoms with Crippen molar-refractivity contribution < 1.29 is 14.8 Å². The summed E-state index contributed by atoms with van der Waals surface area (Å²) in [6.45, 7) is 0. The Labute approximate surface area is 154 Å². The van der Waals surface area contributed by atoms with Gasteiger partial charge in [0.05, 0.1) is 14.3 Å². The standard InChI is InChI=1S/C17H12N2O5S2/c1-18-16(9-13(21)14-3-2-6-25-14)26-15(17(18)22)8-10-4-5-12(20)11(7-10)19(23)24/h2-9,20H,1H3/b15-8+,16-9-. The van der Waals surface area contributed by atoms with Crippen LogP contribution in [-0.2, 0) is 7.05 Å². The number of nitro groups is 1. The minimum absolute atomic E-state index is 0.191. The number of aromatic hydroxyl groups is 1. The summed E-state index contributed by atoms with van der Waals surface area (Å²) < 4.78 is 2.17. The van der Waals surface area contributed by atoms with Crippen LogP contribution in [0, 0.1) is 10.1 Å². The molecule has 0 aliphatic heterocycles. The van der Waals surface area contributed by atoms with Gasteiger partial charge < -0.3 is 9.67 Å². The topological polar surface area (TPSA) is 102 Å². The van der Waals surface area contributed by atoms with Crippen molar-refractivity contribution in [1.82, 2.24) is 4.57 Å². The molecule has 3 aromatic rings. The second-order valence-electron chi connectivity index (χ2n) is 5.30. The van der Waals surface area contributed by atoms with Crippen molar-refractivity contribution in [3.05, 3.63) is 75.8 Å². The maximum Gasteiger partial charge on any atom is 0.311 e. The van der Waals surface area contributed by atoms with Gasteiger partial charge in [0.1, 0.15) is 4.66 Å². The van der Waals surface area contributed by atoms with Crippen molar-refractivity contribution in [3.8, 4) is 5.75 Å². The molecule has 0 radical (unpaired) electrons. The van der Waals surface area contributed by atoms with Crippen LogP contribution in [0.25, 0.3) is 12.2 Å². The van der Waals surface area contributed by atoms with E-state index in [9.17, 15) is 24.8 Å². The predicted molar refractivity (Wildman–Crippen MR) is 100 cm³/mol. The van der Waals surface area contributed by atoms with Gasteiger partial charge in [0.25, 0.3) is 5.56 Å².